The number of anilines is 1. The van der Waals surface area contributed by atoms with Gasteiger partial charge >= 0.3 is 6.18 Å². The Bertz CT molecular complexity index is 1520. The fraction of sp³-hybridized carbons (Fsp3) is 0.240. The highest BCUT2D eigenvalue weighted by Gasteiger charge is 2.31. The predicted octanol–water partition coefficient (Wildman–Crippen LogP) is 4.48. The van der Waals surface area contributed by atoms with E-state index < -0.39 is 30.0 Å². The normalized spacial score (nSPS) is 11.6. The minimum absolute atomic E-state index is 0.0326. The molecule has 0 aliphatic carbocycles. The fourth-order valence-electron chi connectivity index (χ4n) is 3.44. The molecule has 13 heteroatoms. The van der Waals surface area contributed by atoms with Gasteiger partial charge in [-0.15, -0.1) is 0 Å². The highest BCUT2D eigenvalue weighted by molar-refractivity contribution is 5.97. The van der Waals surface area contributed by atoms with E-state index in [1.54, 1.807) is 26.0 Å². The van der Waals surface area contributed by atoms with Crippen LogP contribution in [0.2, 0.25) is 0 Å². The number of rotatable bonds is 7. The first-order valence-electron chi connectivity index (χ1n) is 11.3. The number of carbonyl (C=O) groups excluding carboxylic acids is 2. The van der Waals surface area contributed by atoms with Gasteiger partial charge in [0.25, 0.3) is 5.91 Å². The molecule has 0 saturated carbocycles. The van der Waals surface area contributed by atoms with E-state index in [0.717, 1.165) is 0 Å². The molecule has 3 aromatic heterocycles. The van der Waals surface area contributed by atoms with Gasteiger partial charge in [0.1, 0.15) is 11.4 Å². The second-order valence-corrected chi connectivity index (χ2v) is 8.56. The largest absolute Gasteiger partial charge is 0.480 e. The van der Waals surface area contributed by atoms with Gasteiger partial charge < -0.3 is 15.4 Å². The predicted molar refractivity (Wildman–Crippen MR) is 129 cm³/mol. The number of pyridine rings is 1. The Labute approximate surface area is 213 Å². The number of aromatic nitrogens is 4. The summed E-state index contributed by atoms with van der Waals surface area (Å²) in [6, 6.07) is 6.71. The van der Waals surface area contributed by atoms with Crippen molar-refractivity contribution in [2.24, 2.45) is 5.92 Å². The maximum Gasteiger partial charge on any atom is 0.416 e. The molecule has 198 valence electrons. The number of imidazole rings is 1. The van der Waals surface area contributed by atoms with E-state index in [-0.39, 0.29) is 28.8 Å². The van der Waals surface area contributed by atoms with Crippen LogP contribution in [0.1, 0.15) is 35.3 Å². The van der Waals surface area contributed by atoms with Gasteiger partial charge in [0, 0.05) is 29.8 Å². The van der Waals surface area contributed by atoms with Gasteiger partial charge in [-0.3, -0.25) is 9.59 Å². The third kappa shape index (κ3) is 5.71. The first kappa shape index (κ1) is 26.5. The highest BCUT2D eigenvalue weighted by Crippen LogP contribution is 2.30. The van der Waals surface area contributed by atoms with Crippen molar-refractivity contribution in [3.05, 3.63) is 71.3 Å². The van der Waals surface area contributed by atoms with Gasteiger partial charge in [0.2, 0.25) is 11.8 Å². The van der Waals surface area contributed by atoms with Crippen LogP contribution >= 0.6 is 0 Å². The smallest absolute Gasteiger partial charge is 0.416 e. The Morgan fingerprint density at radius 3 is 2.58 bits per heavy atom. The molecule has 0 saturated heterocycles. The van der Waals surface area contributed by atoms with Gasteiger partial charge in [0.05, 0.1) is 24.6 Å². The second kappa shape index (κ2) is 10.4. The standard InChI is InChI=1S/C25H22F4N6O3/c1-13(2)22(36)33-20-12-35-21(32-20)7-6-19(34-35)15-9-17(24(38-3)31-11-15)23(37)30-10-14-8-16(25(27,28)29)4-5-18(14)26/h4-9,11-13H,10H2,1-3H3,(H,30,37)(H,33,36). The average molecular weight is 530 g/mol. The SMILES string of the molecule is COc1ncc(-c2ccc3nc(NC(=O)C(C)C)cn3n2)cc1C(=O)NCc1cc(C(F)(F)F)ccc1F. The van der Waals surface area contributed by atoms with E-state index in [1.165, 1.54) is 30.1 Å². The lowest BCUT2D eigenvalue weighted by atomic mass is 10.1. The van der Waals surface area contributed by atoms with Crippen LogP contribution in [0.25, 0.3) is 16.9 Å². The number of nitrogens with one attached hydrogen (secondary N) is 2. The monoisotopic (exact) mass is 530 g/mol. The Morgan fingerprint density at radius 2 is 1.89 bits per heavy atom. The van der Waals surface area contributed by atoms with Crippen molar-refractivity contribution in [3.8, 4) is 17.1 Å². The zero-order valence-corrected chi connectivity index (χ0v) is 20.4. The van der Waals surface area contributed by atoms with Gasteiger partial charge in [-0.1, -0.05) is 13.8 Å². The van der Waals surface area contributed by atoms with Crippen LogP contribution in [0.3, 0.4) is 0 Å². The molecule has 4 rings (SSSR count). The van der Waals surface area contributed by atoms with Crippen molar-refractivity contribution < 1.29 is 31.9 Å². The number of ether oxygens (including phenoxy) is 1. The Kier molecular flexibility index (Phi) is 7.28. The molecule has 4 aromatic rings. The molecule has 2 N–H and O–H groups in total. The number of carbonyl (C=O) groups is 2. The van der Waals surface area contributed by atoms with Crippen LogP contribution in [0.15, 0.2) is 48.8 Å². The topological polar surface area (TPSA) is 111 Å². The highest BCUT2D eigenvalue weighted by atomic mass is 19.4. The van der Waals surface area contributed by atoms with Crippen LogP contribution in [-0.4, -0.2) is 38.5 Å². The average Bonchev–Trinajstić information content (AvgIpc) is 3.28. The zero-order chi connectivity index (χ0) is 27.6. The van der Waals surface area contributed by atoms with Crippen LogP contribution < -0.4 is 15.4 Å². The van der Waals surface area contributed by atoms with E-state index >= 15 is 0 Å². The first-order chi connectivity index (χ1) is 18.0. The van der Waals surface area contributed by atoms with Crippen molar-refractivity contribution in [1.29, 1.82) is 0 Å². The summed E-state index contributed by atoms with van der Waals surface area (Å²) in [5.41, 5.74) is -0.0967. The molecule has 0 fully saturated rings. The number of hydrogen-bond donors (Lipinski definition) is 2. The molecule has 0 unspecified atom stereocenters. The van der Waals surface area contributed by atoms with Crippen molar-refractivity contribution in [1.82, 2.24) is 24.9 Å². The van der Waals surface area contributed by atoms with E-state index in [9.17, 15) is 27.2 Å². The molecule has 2 amide bonds. The fourth-order valence-corrected chi connectivity index (χ4v) is 3.44. The number of fused-ring (bicyclic) bond motifs is 1. The molecule has 0 bridgehead atoms. The van der Waals surface area contributed by atoms with Crippen molar-refractivity contribution >= 4 is 23.3 Å². The summed E-state index contributed by atoms with van der Waals surface area (Å²) < 4.78 is 59.7. The Hall–Kier alpha value is -4.55. The number of hydrogen-bond acceptors (Lipinski definition) is 6. The van der Waals surface area contributed by atoms with E-state index in [2.05, 4.69) is 25.7 Å². The molecule has 0 radical (unpaired) electrons. The summed E-state index contributed by atoms with van der Waals surface area (Å²) in [7, 11) is 1.30. The summed E-state index contributed by atoms with van der Waals surface area (Å²) >= 11 is 0. The lowest BCUT2D eigenvalue weighted by molar-refractivity contribution is -0.137. The van der Waals surface area contributed by atoms with Crippen LogP contribution in [0.4, 0.5) is 23.4 Å². The van der Waals surface area contributed by atoms with Crippen LogP contribution in [0, 0.1) is 11.7 Å². The lowest BCUT2D eigenvalue weighted by Gasteiger charge is -2.12. The van der Waals surface area contributed by atoms with E-state index in [1.807, 2.05) is 0 Å². The molecular weight excluding hydrogens is 508 g/mol. The molecule has 0 aliphatic rings. The molecule has 38 heavy (non-hydrogen) atoms. The number of benzene rings is 1. The van der Waals surface area contributed by atoms with Gasteiger partial charge in [0.15, 0.2) is 11.5 Å². The zero-order valence-electron chi connectivity index (χ0n) is 20.4. The van der Waals surface area contributed by atoms with Gasteiger partial charge in [-0.05, 0) is 36.4 Å². The van der Waals surface area contributed by atoms with E-state index in [4.69, 9.17) is 4.74 Å². The number of alkyl halides is 3. The second-order valence-electron chi connectivity index (χ2n) is 8.56. The maximum absolute atomic E-state index is 14.1. The summed E-state index contributed by atoms with van der Waals surface area (Å²) in [6.07, 6.45) is -1.69. The van der Waals surface area contributed by atoms with Crippen molar-refractivity contribution in [2.75, 3.05) is 12.4 Å². The van der Waals surface area contributed by atoms with Crippen molar-refractivity contribution in [2.45, 2.75) is 26.6 Å². The maximum atomic E-state index is 14.1. The van der Waals surface area contributed by atoms with Crippen LogP contribution in [-0.2, 0) is 17.5 Å². The molecule has 0 aliphatic heterocycles. The summed E-state index contributed by atoms with van der Waals surface area (Å²) in [5, 5.41) is 9.54. The van der Waals surface area contributed by atoms with Crippen molar-refractivity contribution in [3.63, 3.8) is 0 Å². The Morgan fingerprint density at radius 1 is 1.13 bits per heavy atom. The minimum atomic E-state index is -4.65. The molecular formula is C25H22F4N6O3. The van der Waals surface area contributed by atoms with Crippen LogP contribution in [0.5, 0.6) is 5.88 Å². The minimum Gasteiger partial charge on any atom is -0.480 e. The number of amides is 2. The van der Waals surface area contributed by atoms with Gasteiger partial charge in [-0.2, -0.15) is 18.3 Å². The molecule has 0 atom stereocenters. The summed E-state index contributed by atoms with van der Waals surface area (Å²) in [6.45, 7) is 3.01. The molecule has 3 heterocycles. The third-order valence-electron chi connectivity index (χ3n) is 5.49. The molecule has 9 nitrogen and oxygen atoms in total. The molecule has 1 aromatic carbocycles. The molecule has 0 spiro atoms. The Balaban J connectivity index is 1.58. The quantitative estimate of drug-likeness (QED) is 0.341. The summed E-state index contributed by atoms with van der Waals surface area (Å²) in [4.78, 5) is 33.3. The van der Waals surface area contributed by atoms with E-state index in [0.29, 0.717) is 40.9 Å². The first-order valence-corrected chi connectivity index (χ1v) is 11.3. The third-order valence-corrected chi connectivity index (χ3v) is 5.49. The summed E-state index contributed by atoms with van der Waals surface area (Å²) in [5.74, 6) is -1.78. The number of nitrogens with zero attached hydrogens (tertiary/aromatic N) is 4. The number of methoxy groups -OCH3 is 1. The van der Waals surface area contributed by atoms with Gasteiger partial charge in [-0.25, -0.2) is 18.9 Å². The lowest BCUT2D eigenvalue weighted by Crippen LogP contribution is -2.24. The number of halogens is 4.